The van der Waals surface area contributed by atoms with Gasteiger partial charge in [-0.05, 0) is 24.3 Å². The topological polar surface area (TPSA) is 52.6 Å². The van der Waals surface area contributed by atoms with Gasteiger partial charge in [0.1, 0.15) is 14.1 Å². The van der Waals surface area contributed by atoms with E-state index in [2.05, 4.69) is 0 Å². The van der Waals surface area contributed by atoms with Crippen molar-refractivity contribution in [1.82, 2.24) is 0 Å². The molecule has 1 heterocycles. The maximum absolute atomic E-state index is 12.3. The molecule has 6 heteroatoms. The Kier molecular flexibility index (Phi) is 5.06. The highest BCUT2D eigenvalue weighted by molar-refractivity contribution is 5.89. The molecule has 0 aromatic heterocycles. The molecule has 1 saturated heterocycles. The number of likely N-dealkylation sites (N-methyl/N-ethyl adjacent to an activating group) is 2. The molecule has 0 saturated carbocycles. The molecule has 0 atom stereocenters. The summed E-state index contributed by atoms with van der Waals surface area (Å²) in [7, 11) is 3.76. The van der Waals surface area contributed by atoms with Crippen molar-refractivity contribution in [3.8, 4) is 0 Å². The lowest BCUT2D eigenvalue weighted by atomic mass is 10.2. The van der Waals surface area contributed by atoms with E-state index in [1.165, 1.54) is 0 Å². The van der Waals surface area contributed by atoms with Gasteiger partial charge in [0.05, 0.1) is 11.1 Å². The van der Waals surface area contributed by atoms with Gasteiger partial charge in [-0.3, -0.25) is 9.68 Å². The second-order valence-electron chi connectivity index (χ2n) is 6.98. The molecule has 3 rings (SSSR count). The smallest absolute Gasteiger partial charge is 0.271 e. The van der Waals surface area contributed by atoms with Gasteiger partial charge in [0.15, 0.2) is 26.2 Å². The van der Waals surface area contributed by atoms with E-state index in [9.17, 15) is 9.59 Å². The quantitative estimate of drug-likeness (QED) is 0.790. The van der Waals surface area contributed by atoms with Crippen LogP contribution in [0.1, 0.15) is 20.7 Å². The Hall–Kier alpha value is -2.70. The number of hydroxylamine groups is 6. The molecule has 136 valence electrons. The molecule has 26 heavy (non-hydrogen) atoms. The summed E-state index contributed by atoms with van der Waals surface area (Å²) in [5.74, 6) is -0.684. The fraction of sp³-hybridized carbons (Fsp3) is 0.300. The number of rotatable bonds is 4. The van der Waals surface area contributed by atoms with E-state index in [1.54, 1.807) is 24.3 Å². The predicted octanol–water partition coefficient (Wildman–Crippen LogP) is 2.44. The van der Waals surface area contributed by atoms with Crippen LogP contribution in [-0.4, -0.2) is 61.5 Å². The number of piperazine rings is 1. The molecule has 0 bridgehead atoms. The Bertz CT molecular complexity index is 701. The van der Waals surface area contributed by atoms with Gasteiger partial charge in [-0.2, -0.15) is 0 Å². The van der Waals surface area contributed by atoms with E-state index in [0.717, 1.165) is 0 Å². The first-order valence-electron chi connectivity index (χ1n) is 8.66. The maximum Gasteiger partial charge on any atom is 0.397 e. The number of nitrogens with zero attached hydrogens (tertiary/aromatic N) is 2. The van der Waals surface area contributed by atoms with Crippen LogP contribution in [0.2, 0.25) is 0 Å². The lowest BCUT2D eigenvalue weighted by molar-refractivity contribution is -1.16. The minimum Gasteiger partial charge on any atom is -0.271 e. The summed E-state index contributed by atoms with van der Waals surface area (Å²) < 4.78 is 0.342. The SMILES string of the molecule is C[N+]1(OC(=O)c2ccccc2)CC[N+](C)(OC(=O)c2ccccc2)CC1. The van der Waals surface area contributed by atoms with E-state index in [-0.39, 0.29) is 21.2 Å². The predicted molar refractivity (Wildman–Crippen MR) is 95.6 cm³/mol. The zero-order chi connectivity index (χ0) is 18.6. The molecule has 1 aliphatic rings. The second-order valence-corrected chi connectivity index (χ2v) is 6.98. The Morgan fingerprint density at radius 3 is 1.27 bits per heavy atom. The number of carbonyl (C=O) groups excluding carboxylic acids is 2. The highest BCUT2D eigenvalue weighted by atomic mass is 16.8. The Labute approximate surface area is 153 Å². The molecule has 2 aromatic carbocycles. The largest absolute Gasteiger partial charge is 0.397 e. The third-order valence-corrected chi connectivity index (χ3v) is 4.72. The fourth-order valence-corrected chi connectivity index (χ4v) is 2.91. The lowest BCUT2D eigenvalue weighted by Crippen LogP contribution is -2.64. The summed E-state index contributed by atoms with van der Waals surface area (Å²) >= 11 is 0. The number of hydrogen-bond donors (Lipinski definition) is 0. The van der Waals surface area contributed by atoms with Gasteiger partial charge in [0, 0.05) is 0 Å². The summed E-state index contributed by atoms with van der Waals surface area (Å²) in [5.41, 5.74) is 1.07. The van der Waals surface area contributed by atoms with Gasteiger partial charge < -0.3 is 0 Å². The van der Waals surface area contributed by atoms with E-state index in [4.69, 9.17) is 9.68 Å². The molecule has 0 spiro atoms. The van der Waals surface area contributed by atoms with Crippen LogP contribution in [-0.2, 0) is 9.68 Å². The van der Waals surface area contributed by atoms with Crippen LogP contribution in [0.25, 0.3) is 0 Å². The lowest BCUT2D eigenvalue weighted by Gasteiger charge is -2.40. The van der Waals surface area contributed by atoms with Crippen LogP contribution in [0.15, 0.2) is 60.7 Å². The molecule has 0 aliphatic carbocycles. The first kappa shape index (κ1) is 18.1. The first-order chi connectivity index (χ1) is 12.4. The molecule has 6 nitrogen and oxygen atoms in total. The maximum atomic E-state index is 12.3. The van der Waals surface area contributed by atoms with E-state index >= 15 is 0 Å². The van der Waals surface area contributed by atoms with Crippen molar-refractivity contribution in [2.75, 3.05) is 40.3 Å². The molecule has 0 N–H and O–H groups in total. The summed E-state index contributed by atoms with van der Waals surface area (Å²) in [6.45, 7) is 2.27. The Balaban J connectivity index is 1.59. The van der Waals surface area contributed by atoms with Gasteiger partial charge in [0.2, 0.25) is 0 Å². The van der Waals surface area contributed by atoms with Gasteiger partial charge in [-0.15, -0.1) is 9.29 Å². The van der Waals surface area contributed by atoms with Gasteiger partial charge in [0.25, 0.3) is 0 Å². The molecule has 1 fully saturated rings. The summed E-state index contributed by atoms with van der Waals surface area (Å²) in [6, 6.07) is 17.9. The number of quaternary nitrogens is 2. The number of hydrogen-bond acceptors (Lipinski definition) is 4. The van der Waals surface area contributed by atoms with Crippen molar-refractivity contribution in [2.24, 2.45) is 0 Å². The van der Waals surface area contributed by atoms with E-state index in [1.807, 2.05) is 50.5 Å². The first-order valence-corrected chi connectivity index (χ1v) is 8.66. The third-order valence-electron chi connectivity index (χ3n) is 4.72. The summed E-state index contributed by atoms with van der Waals surface area (Å²) in [4.78, 5) is 36.0. The van der Waals surface area contributed by atoms with E-state index in [0.29, 0.717) is 37.3 Å². The average molecular weight is 356 g/mol. The number of carbonyl (C=O) groups is 2. The van der Waals surface area contributed by atoms with Crippen LogP contribution in [0, 0.1) is 0 Å². The highest BCUT2D eigenvalue weighted by Gasteiger charge is 2.44. The minimum atomic E-state index is -0.342. The standard InChI is InChI=1S/C20H24N2O4/c1-21(25-19(23)17-9-5-3-6-10-17)13-15-22(2,16-14-21)26-20(24)18-11-7-4-8-12-18/h3-12H,13-16H2,1-2H3/q+2. The second kappa shape index (κ2) is 7.27. The summed E-state index contributed by atoms with van der Waals surface area (Å²) in [5, 5.41) is 0. The third kappa shape index (κ3) is 4.28. The van der Waals surface area contributed by atoms with Crippen LogP contribution in [0.3, 0.4) is 0 Å². The average Bonchev–Trinajstić information content (AvgIpc) is 2.66. The number of benzene rings is 2. The fourth-order valence-electron chi connectivity index (χ4n) is 2.91. The molecular formula is C20H24N2O4+2. The van der Waals surface area contributed by atoms with Gasteiger partial charge >= 0.3 is 11.9 Å². The van der Waals surface area contributed by atoms with Crippen molar-refractivity contribution in [3.05, 3.63) is 71.8 Å². The van der Waals surface area contributed by atoms with E-state index < -0.39 is 0 Å². The van der Waals surface area contributed by atoms with Gasteiger partial charge in [-0.1, -0.05) is 36.4 Å². The zero-order valence-corrected chi connectivity index (χ0v) is 15.1. The van der Waals surface area contributed by atoms with Crippen LogP contribution in [0.5, 0.6) is 0 Å². The molecule has 2 aromatic rings. The van der Waals surface area contributed by atoms with Crippen LogP contribution in [0.4, 0.5) is 0 Å². The van der Waals surface area contributed by atoms with Crippen molar-refractivity contribution in [3.63, 3.8) is 0 Å². The highest BCUT2D eigenvalue weighted by Crippen LogP contribution is 2.20. The Morgan fingerprint density at radius 2 is 0.962 bits per heavy atom. The van der Waals surface area contributed by atoms with Gasteiger partial charge in [-0.25, -0.2) is 9.59 Å². The Morgan fingerprint density at radius 1 is 0.654 bits per heavy atom. The molecule has 0 unspecified atom stereocenters. The molecule has 0 amide bonds. The molecular weight excluding hydrogens is 332 g/mol. The molecule has 1 aliphatic heterocycles. The molecule has 0 radical (unpaired) electrons. The minimum absolute atomic E-state index is 0.171. The summed E-state index contributed by atoms with van der Waals surface area (Å²) in [6.07, 6.45) is 0. The van der Waals surface area contributed by atoms with Crippen LogP contribution >= 0.6 is 0 Å². The van der Waals surface area contributed by atoms with Crippen LogP contribution < -0.4 is 0 Å². The monoisotopic (exact) mass is 356 g/mol. The van der Waals surface area contributed by atoms with Crippen molar-refractivity contribution >= 4 is 11.9 Å². The van der Waals surface area contributed by atoms with Crippen molar-refractivity contribution < 1.29 is 28.6 Å². The normalized spacial score (nSPS) is 25.3. The van der Waals surface area contributed by atoms with Crippen molar-refractivity contribution in [1.29, 1.82) is 0 Å². The van der Waals surface area contributed by atoms with Crippen molar-refractivity contribution in [2.45, 2.75) is 0 Å². The zero-order valence-electron chi connectivity index (χ0n) is 15.1.